The molecule has 2 aromatic carbocycles. The summed E-state index contributed by atoms with van der Waals surface area (Å²) < 4.78 is 8.64. The summed E-state index contributed by atoms with van der Waals surface area (Å²) in [7, 11) is -2.65. The summed E-state index contributed by atoms with van der Waals surface area (Å²) in [6.07, 6.45) is 1.86. The Balaban J connectivity index is 2.10. The lowest BCUT2D eigenvalue weighted by molar-refractivity contribution is 0.100. The quantitative estimate of drug-likeness (QED) is 0.414. The van der Waals surface area contributed by atoms with Crippen LogP contribution in [0.1, 0.15) is 50.9 Å². The molecule has 3 rings (SSSR count). The summed E-state index contributed by atoms with van der Waals surface area (Å²) in [6, 6.07) is 21.0. The molecule has 0 atom stereocenters. The van der Waals surface area contributed by atoms with E-state index in [1.807, 2.05) is 25.3 Å². The van der Waals surface area contributed by atoms with Gasteiger partial charge >= 0.3 is 0 Å². The number of rotatable bonds is 7. The first-order valence-electron chi connectivity index (χ1n) is 10.2. The van der Waals surface area contributed by atoms with Crippen molar-refractivity contribution in [2.75, 3.05) is 0 Å². The predicted octanol–water partition coefficient (Wildman–Crippen LogP) is 4.65. The number of hydrogen-bond donors (Lipinski definition) is 0. The van der Waals surface area contributed by atoms with Crippen LogP contribution in [0.4, 0.5) is 0 Å². The average molecular weight is 419 g/mol. The third-order valence-electron chi connectivity index (χ3n) is 5.34. The summed E-state index contributed by atoms with van der Waals surface area (Å²) in [5.41, 5.74) is 1.49. The van der Waals surface area contributed by atoms with Crippen molar-refractivity contribution in [3.8, 4) is 0 Å². The van der Waals surface area contributed by atoms with E-state index in [0.29, 0.717) is 12.4 Å². The smallest absolute Gasteiger partial charge is 0.261 e. The van der Waals surface area contributed by atoms with Crippen LogP contribution in [0.3, 0.4) is 0 Å². The zero-order valence-electron chi connectivity index (χ0n) is 18.5. The number of allylic oxidation sites excluding steroid dienone is 1. The van der Waals surface area contributed by atoms with E-state index in [1.54, 1.807) is 4.57 Å². The highest BCUT2D eigenvalue weighted by atomic mass is 28.4. The van der Waals surface area contributed by atoms with Crippen LogP contribution in [0.15, 0.2) is 73.4 Å². The van der Waals surface area contributed by atoms with Crippen LogP contribution in [0, 0.1) is 0 Å². The Kier molecular flexibility index (Phi) is 6.24. The first-order chi connectivity index (χ1) is 14.2. The van der Waals surface area contributed by atoms with Gasteiger partial charge in [-0.3, -0.25) is 4.79 Å². The third-order valence-corrected chi connectivity index (χ3v) is 10.3. The summed E-state index contributed by atoms with van der Waals surface area (Å²) in [4.78, 5) is 16.6. The van der Waals surface area contributed by atoms with Gasteiger partial charge in [-0.1, -0.05) is 88.0 Å². The molecule has 4 nitrogen and oxygen atoms in total. The Morgan fingerprint density at radius 2 is 1.50 bits per heavy atom. The summed E-state index contributed by atoms with van der Waals surface area (Å²) >= 11 is 0. The monoisotopic (exact) mass is 418 g/mol. The lowest BCUT2D eigenvalue weighted by Crippen LogP contribution is -2.66. The molecule has 0 aliphatic rings. The molecule has 3 aromatic rings. The van der Waals surface area contributed by atoms with Gasteiger partial charge in [-0.15, -0.1) is 0 Å². The van der Waals surface area contributed by atoms with Crippen LogP contribution in [0.25, 0.3) is 5.70 Å². The molecule has 0 fully saturated rings. The molecule has 0 amide bonds. The van der Waals surface area contributed by atoms with E-state index in [2.05, 4.69) is 80.9 Å². The molecule has 0 aliphatic carbocycles. The number of Topliss-reactive ketones (excluding diaryl/α,β-unsaturated/α-hetero) is 1. The summed E-state index contributed by atoms with van der Waals surface area (Å²) in [6.45, 7) is 14.4. The van der Waals surface area contributed by atoms with Gasteiger partial charge < -0.3 is 8.99 Å². The van der Waals surface area contributed by atoms with Gasteiger partial charge in [0.15, 0.2) is 11.6 Å². The number of ketones is 1. The number of benzene rings is 2. The van der Waals surface area contributed by atoms with E-state index in [4.69, 9.17) is 4.43 Å². The van der Waals surface area contributed by atoms with Crippen molar-refractivity contribution in [2.45, 2.75) is 46.3 Å². The second kappa shape index (κ2) is 8.54. The Morgan fingerprint density at radius 1 is 1.00 bits per heavy atom. The number of aromatic nitrogens is 2. The maximum atomic E-state index is 12.0. The maximum absolute atomic E-state index is 12.0. The molecule has 0 saturated heterocycles. The first-order valence-corrected chi connectivity index (χ1v) is 12.1. The molecule has 1 aromatic heterocycles. The van der Waals surface area contributed by atoms with Crippen molar-refractivity contribution in [3.63, 3.8) is 0 Å². The number of imidazole rings is 1. The van der Waals surface area contributed by atoms with E-state index in [1.165, 1.54) is 17.3 Å². The van der Waals surface area contributed by atoms with Crippen molar-refractivity contribution < 1.29 is 9.22 Å². The number of nitrogens with zero attached hydrogens (tertiary/aromatic N) is 2. The number of carbonyl (C=O) groups excluding carboxylic acids is 1. The zero-order valence-corrected chi connectivity index (χ0v) is 19.5. The van der Waals surface area contributed by atoms with Gasteiger partial charge in [-0.25, -0.2) is 4.98 Å². The largest absolute Gasteiger partial charge is 0.401 e. The van der Waals surface area contributed by atoms with Crippen molar-refractivity contribution in [2.24, 2.45) is 0 Å². The molecule has 0 bridgehead atoms. The van der Waals surface area contributed by atoms with Gasteiger partial charge in [0.25, 0.3) is 8.32 Å². The van der Waals surface area contributed by atoms with Crippen LogP contribution in [-0.4, -0.2) is 23.7 Å². The highest BCUT2D eigenvalue weighted by Gasteiger charge is 2.50. The van der Waals surface area contributed by atoms with E-state index in [0.717, 1.165) is 11.4 Å². The Morgan fingerprint density at radius 3 is 1.87 bits per heavy atom. The van der Waals surface area contributed by atoms with E-state index < -0.39 is 8.32 Å². The third kappa shape index (κ3) is 4.09. The molecule has 156 valence electrons. The van der Waals surface area contributed by atoms with Gasteiger partial charge in [-0.2, -0.15) is 0 Å². The maximum Gasteiger partial charge on any atom is 0.261 e. The Labute approximate surface area is 180 Å². The van der Waals surface area contributed by atoms with Crippen molar-refractivity contribution in [1.29, 1.82) is 0 Å². The van der Waals surface area contributed by atoms with Gasteiger partial charge in [0, 0.05) is 18.8 Å². The SMILES string of the molecule is C=C(C)n1cc(CO[Si](c2ccccc2)(c2ccccc2)C(C)(C)C)nc1C(C)=O. The molecule has 0 spiro atoms. The van der Waals surface area contributed by atoms with Crippen LogP contribution in [0.2, 0.25) is 5.04 Å². The normalized spacial score (nSPS) is 12.0. The van der Waals surface area contributed by atoms with Crippen molar-refractivity contribution in [3.05, 3.63) is 85.0 Å². The fraction of sp³-hybridized carbons (Fsp3) is 0.280. The highest BCUT2D eigenvalue weighted by Crippen LogP contribution is 2.37. The fourth-order valence-corrected chi connectivity index (χ4v) is 8.50. The Bertz CT molecular complexity index is 963. The molecule has 5 heteroatoms. The van der Waals surface area contributed by atoms with Crippen LogP contribution in [0.5, 0.6) is 0 Å². The molecule has 0 unspecified atom stereocenters. The topological polar surface area (TPSA) is 44.1 Å². The molecule has 0 aliphatic heterocycles. The average Bonchev–Trinajstić information content (AvgIpc) is 3.14. The molecule has 30 heavy (non-hydrogen) atoms. The van der Waals surface area contributed by atoms with Crippen molar-refractivity contribution >= 4 is 30.2 Å². The molecular formula is C25H30N2O2Si. The molecule has 0 saturated carbocycles. The van der Waals surface area contributed by atoms with Crippen LogP contribution < -0.4 is 10.4 Å². The van der Waals surface area contributed by atoms with Gasteiger partial charge in [-0.05, 0) is 22.3 Å². The molecule has 0 radical (unpaired) electrons. The van der Waals surface area contributed by atoms with E-state index in [-0.39, 0.29) is 10.8 Å². The fourth-order valence-electron chi connectivity index (χ4n) is 3.98. The second-order valence-electron chi connectivity index (χ2n) is 8.67. The van der Waals surface area contributed by atoms with Crippen molar-refractivity contribution in [1.82, 2.24) is 9.55 Å². The summed E-state index contributed by atoms with van der Waals surface area (Å²) in [5, 5.41) is 2.32. The van der Waals surface area contributed by atoms with Gasteiger partial charge in [0.1, 0.15) is 0 Å². The number of hydrogen-bond acceptors (Lipinski definition) is 3. The van der Waals surface area contributed by atoms with Crippen LogP contribution in [-0.2, 0) is 11.0 Å². The minimum absolute atomic E-state index is 0.0882. The van der Waals surface area contributed by atoms with Gasteiger partial charge in [0.05, 0.1) is 12.3 Å². The first kappa shape index (κ1) is 21.9. The predicted molar refractivity (Wildman–Crippen MR) is 126 cm³/mol. The second-order valence-corrected chi connectivity index (χ2v) is 13.0. The molecule has 0 N–H and O–H groups in total. The van der Waals surface area contributed by atoms with E-state index >= 15 is 0 Å². The standard InChI is InChI=1S/C25H30N2O2Si/c1-19(2)27-17-21(26-24(27)20(3)28)18-29-30(25(4,5)6,22-13-9-7-10-14-22)23-15-11-8-12-16-23/h7-17H,1,18H2,2-6H3. The minimum Gasteiger partial charge on any atom is -0.401 e. The minimum atomic E-state index is -2.65. The molecular weight excluding hydrogens is 388 g/mol. The van der Waals surface area contributed by atoms with Crippen LogP contribution >= 0.6 is 0 Å². The highest BCUT2D eigenvalue weighted by molar-refractivity contribution is 6.99. The Hall–Kier alpha value is -2.76. The molecule has 1 heterocycles. The summed E-state index contributed by atoms with van der Waals surface area (Å²) in [5.74, 6) is 0.304. The van der Waals surface area contributed by atoms with E-state index in [9.17, 15) is 4.79 Å². The lowest BCUT2D eigenvalue weighted by Gasteiger charge is -2.42. The lowest BCUT2D eigenvalue weighted by atomic mass is 10.2. The zero-order chi connectivity index (χ0) is 21.9. The number of carbonyl (C=O) groups is 1. The van der Waals surface area contributed by atoms with Gasteiger partial charge in [0.2, 0.25) is 0 Å².